The summed E-state index contributed by atoms with van der Waals surface area (Å²) in [5, 5.41) is 20.0. The van der Waals surface area contributed by atoms with Gasteiger partial charge in [-0.1, -0.05) is 54.5 Å². The van der Waals surface area contributed by atoms with E-state index in [0.29, 0.717) is 12.2 Å². The van der Waals surface area contributed by atoms with Crippen molar-refractivity contribution in [3.63, 3.8) is 0 Å². The summed E-state index contributed by atoms with van der Waals surface area (Å²) in [6, 6.07) is 2.21. The fourth-order valence-corrected chi connectivity index (χ4v) is 9.41. The third kappa shape index (κ3) is 3.87. The van der Waals surface area contributed by atoms with Gasteiger partial charge in [0.05, 0.1) is 5.57 Å². The van der Waals surface area contributed by atoms with Crippen LogP contribution in [0.2, 0.25) is 0 Å². The van der Waals surface area contributed by atoms with Crippen LogP contribution in [0.4, 0.5) is 0 Å². The Labute approximate surface area is 212 Å². The summed E-state index contributed by atoms with van der Waals surface area (Å²) in [6.07, 6.45) is 10.5. The third-order valence-corrected chi connectivity index (χ3v) is 12.0. The Morgan fingerprint density at radius 2 is 1.49 bits per heavy atom. The number of aliphatic hydroxyl groups excluding tert-OH is 1. The molecular formula is C31H47NO3. The molecule has 0 aliphatic heterocycles. The molecule has 0 radical (unpaired) electrons. The number of aliphatic hydroxyl groups is 1. The third-order valence-electron chi connectivity index (χ3n) is 12.0. The Morgan fingerprint density at radius 3 is 2.11 bits per heavy atom. The lowest BCUT2D eigenvalue weighted by atomic mass is 9.35. The second-order valence-corrected chi connectivity index (χ2v) is 14.6. The SMILES string of the molecule is CC1(C)CCC2C(=O)C[C@@H]3[C@@]4(C)C=C(C#N)C(=O)C(C)(C)[C@@H]4CC[C@@]3(C)[C@]2(C)CC[C@@H](CO)CC1. The molecule has 4 rings (SSSR count). The molecule has 35 heavy (non-hydrogen) atoms. The van der Waals surface area contributed by atoms with Gasteiger partial charge < -0.3 is 5.11 Å². The Bertz CT molecular complexity index is 970. The molecule has 0 spiro atoms. The minimum Gasteiger partial charge on any atom is -0.396 e. The van der Waals surface area contributed by atoms with Gasteiger partial charge in [-0.05, 0) is 90.8 Å². The number of carbonyl (C=O) groups is 2. The van der Waals surface area contributed by atoms with Crippen LogP contribution < -0.4 is 0 Å². The summed E-state index contributed by atoms with van der Waals surface area (Å²) in [4.78, 5) is 27.2. The van der Waals surface area contributed by atoms with Crippen LogP contribution in [0.25, 0.3) is 0 Å². The van der Waals surface area contributed by atoms with Crippen LogP contribution >= 0.6 is 0 Å². The number of allylic oxidation sites excluding steroid dienone is 2. The molecule has 0 saturated heterocycles. The maximum Gasteiger partial charge on any atom is 0.178 e. The van der Waals surface area contributed by atoms with Gasteiger partial charge >= 0.3 is 0 Å². The minimum atomic E-state index is -0.598. The van der Waals surface area contributed by atoms with Crippen molar-refractivity contribution in [3.05, 3.63) is 11.6 Å². The molecule has 1 unspecified atom stereocenters. The van der Waals surface area contributed by atoms with Crippen LogP contribution in [-0.4, -0.2) is 23.3 Å². The van der Waals surface area contributed by atoms with Crippen molar-refractivity contribution in [1.82, 2.24) is 0 Å². The topological polar surface area (TPSA) is 78.2 Å². The van der Waals surface area contributed by atoms with Gasteiger partial charge in [0.15, 0.2) is 5.78 Å². The summed E-state index contributed by atoms with van der Waals surface area (Å²) in [5.74, 6) is 0.917. The fraction of sp³-hybridized carbons (Fsp3) is 0.839. The van der Waals surface area contributed by atoms with Crippen molar-refractivity contribution in [2.24, 2.45) is 50.7 Å². The maximum absolute atomic E-state index is 14.0. The van der Waals surface area contributed by atoms with Gasteiger partial charge in [0.25, 0.3) is 0 Å². The quantitative estimate of drug-likeness (QED) is 0.454. The van der Waals surface area contributed by atoms with Crippen molar-refractivity contribution in [2.45, 2.75) is 106 Å². The molecule has 1 N–H and O–H groups in total. The van der Waals surface area contributed by atoms with E-state index in [9.17, 15) is 20.0 Å². The van der Waals surface area contributed by atoms with Gasteiger partial charge in [0.2, 0.25) is 0 Å². The van der Waals surface area contributed by atoms with Crippen LogP contribution in [0, 0.1) is 62.1 Å². The normalized spacial score (nSPS) is 45.3. The van der Waals surface area contributed by atoms with E-state index in [-0.39, 0.29) is 63.3 Å². The van der Waals surface area contributed by atoms with E-state index in [1.165, 1.54) is 0 Å². The van der Waals surface area contributed by atoms with Gasteiger partial charge in [-0.25, -0.2) is 0 Å². The maximum atomic E-state index is 14.0. The predicted octanol–water partition coefficient (Wildman–Crippen LogP) is 6.67. The Kier molecular flexibility index (Phi) is 6.49. The molecule has 4 nitrogen and oxygen atoms in total. The molecule has 4 aliphatic rings. The second kappa shape index (κ2) is 8.54. The number of rotatable bonds is 1. The summed E-state index contributed by atoms with van der Waals surface area (Å²) in [6.45, 7) is 15.9. The average Bonchev–Trinajstić information content (AvgIpc) is 2.78. The first-order chi connectivity index (χ1) is 16.2. The predicted molar refractivity (Wildman–Crippen MR) is 138 cm³/mol. The Hall–Kier alpha value is -1.47. The first kappa shape index (κ1) is 26.6. The molecule has 0 bridgehead atoms. The van der Waals surface area contributed by atoms with Crippen molar-refractivity contribution in [2.75, 3.05) is 6.61 Å². The first-order valence-corrected chi connectivity index (χ1v) is 14.0. The molecule has 7 atom stereocenters. The fourth-order valence-electron chi connectivity index (χ4n) is 9.41. The number of nitrogens with zero attached hydrogens (tertiary/aromatic N) is 1. The van der Waals surface area contributed by atoms with Crippen molar-refractivity contribution in [1.29, 1.82) is 5.26 Å². The van der Waals surface area contributed by atoms with E-state index < -0.39 is 5.41 Å². The molecule has 0 heterocycles. The molecule has 194 valence electrons. The van der Waals surface area contributed by atoms with Crippen LogP contribution in [-0.2, 0) is 9.59 Å². The lowest BCUT2D eigenvalue weighted by molar-refractivity contribution is -0.191. The van der Waals surface area contributed by atoms with Gasteiger partial charge in [-0.15, -0.1) is 0 Å². The summed E-state index contributed by atoms with van der Waals surface area (Å²) < 4.78 is 0. The van der Waals surface area contributed by atoms with E-state index in [0.717, 1.165) is 51.4 Å². The smallest absolute Gasteiger partial charge is 0.178 e. The molecular weight excluding hydrogens is 434 g/mol. The molecule has 4 aliphatic carbocycles. The lowest BCUT2D eigenvalue weighted by Gasteiger charge is -2.68. The van der Waals surface area contributed by atoms with E-state index >= 15 is 0 Å². The number of ketones is 2. The highest BCUT2D eigenvalue weighted by Crippen LogP contribution is 2.72. The van der Waals surface area contributed by atoms with E-state index in [1.807, 2.05) is 19.9 Å². The molecule has 3 saturated carbocycles. The standard InChI is InChI=1S/C31H47NO3/c1-27(2)12-8-20(19-33)9-14-30(6)22(10-13-27)23(34)16-25-29(5)17-21(18-32)26(35)28(3,4)24(29)11-15-31(25,30)7/h17,20,22,24-25,33H,8-16,19H2,1-7H3/t20-,22?,24-,25+,29-,30+,31+/m0/s1. The Morgan fingerprint density at radius 1 is 0.886 bits per heavy atom. The van der Waals surface area contributed by atoms with Crippen molar-refractivity contribution in [3.8, 4) is 6.07 Å². The highest BCUT2D eigenvalue weighted by Gasteiger charge is 2.68. The number of nitriles is 1. The van der Waals surface area contributed by atoms with Gasteiger partial charge in [-0.3, -0.25) is 9.59 Å². The zero-order chi connectivity index (χ0) is 26.0. The number of Topliss-reactive ketones (excluding diaryl/α,β-unsaturated/α-hetero) is 2. The number of carbonyl (C=O) groups excluding carboxylic acids is 2. The highest BCUT2D eigenvalue weighted by atomic mass is 16.3. The van der Waals surface area contributed by atoms with Crippen LogP contribution in [0.1, 0.15) is 106 Å². The number of hydrogen-bond acceptors (Lipinski definition) is 4. The molecule has 3 fully saturated rings. The first-order valence-electron chi connectivity index (χ1n) is 14.0. The molecule has 0 aromatic carbocycles. The molecule has 0 amide bonds. The molecule has 4 heteroatoms. The zero-order valence-corrected chi connectivity index (χ0v) is 23.2. The highest BCUT2D eigenvalue weighted by molar-refractivity contribution is 6.04. The second-order valence-electron chi connectivity index (χ2n) is 14.6. The summed E-state index contributed by atoms with van der Waals surface area (Å²) in [7, 11) is 0. The summed E-state index contributed by atoms with van der Waals surface area (Å²) >= 11 is 0. The van der Waals surface area contributed by atoms with Crippen LogP contribution in [0.3, 0.4) is 0 Å². The largest absolute Gasteiger partial charge is 0.396 e. The van der Waals surface area contributed by atoms with E-state index in [1.54, 1.807) is 0 Å². The lowest BCUT2D eigenvalue weighted by Crippen LogP contribution is -2.65. The van der Waals surface area contributed by atoms with Crippen LogP contribution in [0.15, 0.2) is 11.6 Å². The summed E-state index contributed by atoms with van der Waals surface area (Å²) in [5.41, 5.74) is -0.720. The van der Waals surface area contributed by atoms with Crippen molar-refractivity contribution >= 4 is 11.6 Å². The number of hydrogen-bond donors (Lipinski definition) is 1. The number of fused-ring (bicyclic) bond motifs is 5. The Balaban J connectivity index is 1.83. The molecule has 0 aromatic rings. The zero-order valence-electron chi connectivity index (χ0n) is 23.2. The van der Waals surface area contributed by atoms with Crippen molar-refractivity contribution < 1.29 is 14.7 Å². The van der Waals surface area contributed by atoms with E-state index in [4.69, 9.17) is 0 Å². The van der Waals surface area contributed by atoms with Gasteiger partial charge in [0.1, 0.15) is 11.9 Å². The van der Waals surface area contributed by atoms with Gasteiger partial charge in [-0.2, -0.15) is 5.26 Å². The minimum absolute atomic E-state index is 0.0380. The monoisotopic (exact) mass is 481 g/mol. The van der Waals surface area contributed by atoms with Crippen LogP contribution in [0.5, 0.6) is 0 Å². The van der Waals surface area contributed by atoms with E-state index in [2.05, 4.69) is 40.7 Å². The average molecular weight is 482 g/mol. The van der Waals surface area contributed by atoms with Gasteiger partial charge in [0, 0.05) is 24.4 Å². The molecule has 0 aromatic heterocycles.